The number of hydrogen-bond donors (Lipinski definition) is 0. The Balaban J connectivity index is 2.01. The largest absolute Gasteiger partial charge is 0.444 e. The molecule has 10 heteroatoms. The summed E-state index contributed by atoms with van der Waals surface area (Å²) in [4.78, 5) is 18.0. The fourth-order valence-corrected chi connectivity index (χ4v) is 3.21. The number of nitrogens with zero attached hydrogens (tertiary/aromatic N) is 4. The van der Waals surface area contributed by atoms with Gasteiger partial charge in [-0.25, -0.2) is 14.2 Å². The number of ether oxygens (including phenoxy) is 2. The molecule has 1 aromatic carbocycles. The predicted octanol–water partition coefficient (Wildman–Crippen LogP) is 4.52. The number of amides is 1. The number of hydrogen-bond acceptors (Lipinski definition) is 5. The number of halogens is 3. The molecule has 3 rings (SSSR count). The second kappa shape index (κ2) is 7.33. The third kappa shape index (κ3) is 4.21. The normalized spacial score (nSPS) is 19.1. The molecule has 0 unspecified atom stereocenters. The number of rotatable bonds is 3. The van der Waals surface area contributed by atoms with E-state index in [-0.39, 0.29) is 18.0 Å². The highest BCUT2D eigenvalue weighted by atomic mass is 19.3. The second-order valence-corrected chi connectivity index (χ2v) is 8.17. The van der Waals surface area contributed by atoms with Crippen molar-refractivity contribution in [2.45, 2.75) is 58.5 Å². The van der Waals surface area contributed by atoms with Crippen LogP contribution in [0.4, 0.5) is 18.0 Å². The number of carbonyl (C=O) groups excluding carboxylic acids is 1. The second-order valence-electron chi connectivity index (χ2n) is 8.17. The topological polar surface area (TPSA) is 69.5 Å². The van der Waals surface area contributed by atoms with E-state index in [1.54, 1.807) is 34.6 Å². The molecule has 0 spiro atoms. The average molecular weight is 412 g/mol. The molecule has 1 amide bonds. The number of alkyl halides is 2. The van der Waals surface area contributed by atoms with Gasteiger partial charge in [-0.3, -0.25) is 4.90 Å². The number of aromatic nitrogens is 3. The Labute approximate surface area is 166 Å². The van der Waals surface area contributed by atoms with Gasteiger partial charge in [-0.05, 0) is 52.3 Å². The lowest BCUT2D eigenvalue weighted by molar-refractivity contribution is -0.0626. The monoisotopic (exact) mass is 412 g/mol. The van der Waals surface area contributed by atoms with Crippen LogP contribution in [0.2, 0.25) is 0 Å². The highest BCUT2D eigenvalue weighted by Gasteiger charge is 2.46. The maximum absolute atomic E-state index is 14.4. The highest BCUT2D eigenvalue weighted by molar-refractivity contribution is 5.70. The van der Waals surface area contributed by atoms with Crippen molar-refractivity contribution >= 4 is 6.09 Å². The summed E-state index contributed by atoms with van der Waals surface area (Å²) in [6, 6.07) is 3.41. The Morgan fingerprint density at radius 1 is 1.34 bits per heavy atom. The summed E-state index contributed by atoms with van der Waals surface area (Å²) in [5.41, 5.74) is -1.33. The molecule has 0 bridgehead atoms. The summed E-state index contributed by atoms with van der Waals surface area (Å²) < 4.78 is 52.3. The van der Waals surface area contributed by atoms with Crippen LogP contribution in [0.15, 0.2) is 24.5 Å². The van der Waals surface area contributed by atoms with E-state index >= 15 is 0 Å². The van der Waals surface area contributed by atoms with E-state index in [4.69, 9.17) is 9.47 Å². The van der Waals surface area contributed by atoms with Gasteiger partial charge in [-0.15, -0.1) is 0 Å². The van der Waals surface area contributed by atoms with E-state index in [0.29, 0.717) is 10.2 Å². The molecule has 0 N–H and O–H groups in total. The Kier molecular flexibility index (Phi) is 5.33. The first-order chi connectivity index (χ1) is 13.4. The molecular formula is C19H23F3N4O3. The van der Waals surface area contributed by atoms with Crippen molar-refractivity contribution in [1.29, 1.82) is 0 Å². The van der Waals surface area contributed by atoms with Gasteiger partial charge in [-0.2, -0.15) is 18.6 Å². The molecule has 0 radical (unpaired) electrons. The van der Waals surface area contributed by atoms with E-state index in [9.17, 15) is 18.0 Å². The molecule has 1 fully saturated rings. The van der Waals surface area contributed by atoms with E-state index in [1.165, 1.54) is 17.0 Å². The van der Waals surface area contributed by atoms with Crippen molar-refractivity contribution in [3.63, 3.8) is 0 Å². The molecule has 0 saturated carbocycles. The minimum absolute atomic E-state index is 0.138. The summed E-state index contributed by atoms with van der Waals surface area (Å²) in [5.74, 6) is -1.04. The van der Waals surface area contributed by atoms with Gasteiger partial charge in [0.25, 0.3) is 0 Å². The van der Waals surface area contributed by atoms with Crippen LogP contribution in [0, 0.1) is 5.82 Å². The van der Waals surface area contributed by atoms with Gasteiger partial charge in [0.15, 0.2) is 5.82 Å². The Hall–Kier alpha value is -2.62. The molecule has 29 heavy (non-hydrogen) atoms. The molecule has 1 atom stereocenters. The third-order valence-electron chi connectivity index (χ3n) is 4.45. The summed E-state index contributed by atoms with van der Waals surface area (Å²) in [5, 5.41) is 3.45. The van der Waals surface area contributed by atoms with E-state index in [0.717, 1.165) is 12.4 Å². The van der Waals surface area contributed by atoms with Crippen LogP contribution in [-0.4, -0.2) is 43.7 Å². The predicted molar refractivity (Wildman–Crippen MR) is 97.5 cm³/mol. The van der Waals surface area contributed by atoms with Gasteiger partial charge in [0.2, 0.25) is 0 Å². The Morgan fingerprint density at radius 2 is 2.03 bits per heavy atom. The van der Waals surface area contributed by atoms with Crippen molar-refractivity contribution in [3.05, 3.63) is 35.9 Å². The summed E-state index contributed by atoms with van der Waals surface area (Å²) in [6.07, 6.45) is 0.342. The van der Waals surface area contributed by atoms with Crippen molar-refractivity contribution in [1.82, 2.24) is 19.7 Å². The zero-order valence-corrected chi connectivity index (χ0v) is 16.8. The first-order valence-electron chi connectivity index (χ1n) is 9.04. The fourth-order valence-electron chi connectivity index (χ4n) is 3.21. The van der Waals surface area contributed by atoms with Crippen LogP contribution in [0.3, 0.4) is 0 Å². The maximum Gasteiger partial charge on any atom is 0.413 e. The van der Waals surface area contributed by atoms with Gasteiger partial charge in [0.05, 0.1) is 18.2 Å². The molecular weight excluding hydrogens is 389 g/mol. The van der Waals surface area contributed by atoms with Gasteiger partial charge in [-0.1, -0.05) is 6.07 Å². The Morgan fingerprint density at radius 3 is 2.66 bits per heavy atom. The van der Waals surface area contributed by atoms with E-state index in [2.05, 4.69) is 10.1 Å². The molecule has 1 aromatic heterocycles. The smallest absolute Gasteiger partial charge is 0.413 e. The molecule has 0 aliphatic carbocycles. The molecule has 7 nitrogen and oxygen atoms in total. The lowest BCUT2D eigenvalue weighted by Crippen LogP contribution is -2.47. The van der Waals surface area contributed by atoms with Crippen molar-refractivity contribution in [3.8, 4) is 11.4 Å². The SMILES string of the molecule is CC(C)(C)OC(=O)N1[C@@H](c2ccc(F)c(-c3ncnn3C(F)F)c2)COC1(C)C. The van der Waals surface area contributed by atoms with Crippen molar-refractivity contribution in [2.75, 3.05) is 6.61 Å². The van der Waals surface area contributed by atoms with Crippen LogP contribution < -0.4 is 0 Å². The van der Waals surface area contributed by atoms with Crippen molar-refractivity contribution in [2.24, 2.45) is 0 Å². The lowest BCUT2D eigenvalue weighted by atomic mass is 10.0. The first kappa shape index (κ1) is 21.1. The number of benzene rings is 1. The quantitative estimate of drug-likeness (QED) is 0.741. The standard InChI is InChI=1S/C19H23F3N4O3/c1-18(2,3)29-17(27)25-14(9-28-19(25,4)5)11-6-7-13(20)12(8-11)15-23-10-24-26(15)16(21)22/h6-8,10,14,16H,9H2,1-5H3/t14-/m1/s1. The van der Waals surface area contributed by atoms with Crippen molar-refractivity contribution < 1.29 is 27.4 Å². The molecule has 1 saturated heterocycles. The molecule has 2 heterocycles. The molecule has 1 aliphatic heterocycles. The Bertz CT molecular complexity index is 908. The minimum Gasteiger partial charge on any atom is -0.444 e. The molecule has 158 valence electrons. The van der Waals surface area contributed by atoms with Gasteiger partial charge >= 0.3 is 12.6 Å². The van der Waals surface area contributed by atoms with E-state index in [1.807, 2.05) is 0 Å². The third-order valence-corrected chi connectivity index (χ3v) is 4.45. The van der Waals surface area contributed by atoms with Crippen LogP contribution in [0.25, 0.3) is 11.4 Å². The zero-order chi connectivity index (χ0) is 21.6. The lowest BCUT2D eigenvalue weighted by Gasteiger charge is -2.35. The van der Waals surface area contributed by atoms with Crippen LogP contribution in [0.1, 0.15) is 52.8 Å². The minimum atomic E-state index is -2.97. The van der Waals surface area contributed by atoms with Crippen LogP contribution >= 0.6 is 0 Å². The van der Waals surface area contributed by atoms with Gasteiger partial charge in [0, 0.05) is 0 Å². The molecule has 1 aliphatic rings. The summed E-state index contributed by atoms with van der Waals surface area (Å²) >= 11 is 0. The fraction of sp³-hybridized carbons (Fsp3) is 0.526. The van der Waals surface area contributed by atoms with E-state index < -0.39 is 35.8 Å². The summed E-state index contributed by atoms with van der Waals surface area (Å²) in [6.45, 7) is 5.84. The zero-order valence-electron chi connectivity index (χ0n) is 16.8. The van der Waals surface area contributed by atoms with Crippen LogP contribution in [0.5, 0.6) is 0 Å². The average Bonchev–Trinajstić information content (AvgIpc) is 3.18. The highest BCUT2D eigenvalue weighted by Crippen LogP contribution is 2.39. The number of carbonyl (C=O) groups is 1. The summed E-state index contributed by atoms with van der Waals surface area (Å²) in [7, 11) is 0. The van der Waals surface area contributed by atoms with Crippen LogP contribution in [-0.2, 0) is 9.47 Å². The van der Waals surface area contributed by atoms with Gasteiger partial charge in [0.1, 0.15) is 23.5 Å². The maximum atomic E-state index is 14.4. The van der Waals surface area contributed by atoms with Gasteiger partial charge < -0.3 is 9.47 Å². The molecule has 2 aromatic rings. The first-order valence-corrected chi connectivity index (χ1v) is 9.04.